The predicted octanol–water partition coefficient (Wildman–Crippen LogP) is 4.48. The Balaban J connectivity index is 1.45. The minimum Gasteiger partial charge on any atom is -0.336 e. The molecule has 5 heteroatoms. The fraction of sp³-hybridized carbons (Fsp3) is 0.542. The van der Waals surface area contributed by atoms with Gasteiger partial charge in [0.1, 0.15) is 0 Å². The van der Waals surface area contributed by atoms with E-state index in [2.05, 4.69) is 49.1 Å². The highest BCUT2D eigenvalue weighted by atomic mass is 32.1. The number of carbonyl (C=O) groups excluding carboxylic acids is 1. The third kappa shape index (κ3) is 4.42. The number of piperidine rings is 1. The Bertz CT molecular complexity index is 850. The van der Waals surface area contributed by atoms with Crippen LogP contribution in [0.15, 0.2) is 30.3 Å². The zero-order valence-corrected chi connectivity index (χ0v) is 18.7. The lowest BCUT2D eigenvalue weighted by molar-refractivity contribution is 0.0795. The topological polar surface area (TPSA) is 49.6 Å². The number of amides is 1. The number of benzene rings is 1. The van der Waals surface area contributed by atoms with E-state index in [1.54, 1.807) is 11.3 Å². The van der Waals surface area contributed by atoms with Crippen molar-refractivity contribution in [3.05, 3.63) is 46.3 Å². The normalized spacial score (nSPS) is 21.3. The van der Waals surface area contributed by atoms with Gasteiger partial charge in [0.2, 0.25) is 0 Å². The third-order valence-electron chi connectivity index (χ3n) is 6.55. The summed E-state index contributed by atoms with van der Waals surface area (Å²) in [6.45, 7) is 10.5. The zero-order valence-electron chi connectivity index (χ0n) is 17.9. The highest BCUT2D eigenvalue weighted by molar-refractivity contribution is 7.17. The van der Waals surface area contributed by atoms with Crippen LogP contribution in [-0.4, -0.2) is 54.0 Å². The van der Waals surface area contributed by atoms with Crippen LogP contribution in [0, 0.1) is 6.92 Å². The highest BCUT2D eigenvalue weighted by Crippen LogP contribution is 2.35. The maximum Gasteiger partial charge on any atom is 0.264 e. The molecule has 0 saturated carbocycles. The van der Waals surface area contributed by atoms with Gasteiger partial charge < -0.3 is 15.5 Å². The molecule has 0 bridgehead atoms. The molecule has 0 radical (unpaired) electrons. The van der Waals surface area contributed by atoms with Crippen LogP contribution in [-0.2, 0) is 0 Å². The first kappa shape index (κ1) is 20.6. The van der Waals surface area contributed by atoms with Crippen molar-refractivity contribution in [1.82, 2.24) is 9.80 Å². The molecule has 4 rings (SSSR count). The van der Waals surface area contributed by atoms with Crippen LogP contribution in [0.2, 0.25) is 0 Å². The maximum atomic E-state index is 12.9. The zero-order chi connectivity index (χ0) is 20.5. The Hall–Kier alpha value is -1.69. The number of hydrogen-bond donors (Lipinski definition) is 1. The molecule has 2 saturated heterocycles. The van der Waals surface area contributed by atoms with Gasteiger partial charge in [-0.25, -0.2) is 0 Å². The summed E-state index contributed by atoms with van der Waals surface area (Å²) in [5.74, 6) is 0.806. The minimum atomic E-state index is 0.124. The SMILES string of the molecule is Cc1cc(-c2ccc(C3CCN(C(C)C)CC3)cc2)sc1C(=O)N1CC[C@H](N)C1. The summed E-state index contributed by atoms with van der Waals surface area (Å²) in [4.78, 5) is 19.4. The van der Waals surface area contributed by atoms with Gasteiger partial charge in [0.25, 0.3) is 5.91 Å². The molecule has 0 spiro atoms. The molecule has 1 atom stereocenters. The van der Waals surface area contributed by atoms with E-state index in [4.69, 9.17) is 5.73 Å². The van der Waals surface area contributed by atoms with Crippen molar-refractivity contribution < 1.29 is 4.79 Å². The minimum absolute atomic E-state index is 0.124. The van der Waals surface area contributed by atoms with Crippen molar-refractivity contribution in [2.75, 3.05) is 26.2 Å². The van der Waals surface area contributed by atoms with E-state index in [1.165, 1.54) is 41.9 Å². The average molecular weight is 412 g/mol. The Labute approximate surface area is 178 Å². The van der Waals surface area contributed by atoms with Gasteiger partial charge in [-0.05, 0) is 81.8 Å². The van der Waals surface area contributed by atoms with Crippen LogP contribution in [0.4, 0.5) is 0 Å². The van der Waals surface area contributed by atoms with Gasteiger partial charge in [-0.15, -0.1) is 11.3 Å². The van der Waals surface area contributed by atoms with Crippen LogP contribution in [0.3, 0.4) is 0 Å². The number of carbonyl (C=O) groups is 1. The van der Waals surface area contributed by atoms with Gasteiger partial charge in [-0.1, -0.05) is 24.3 Å². The van der Waals surface area contributed by atoms with E-state index in [-0.39, 0.29) is 11.9 Å². The molecule has 1 aromatic carbocycles. The molecular formula is C24H33N3OS. The van der Waals surface area contributed by atoms with E-state index in [9.17, 15) is 4.79 Å². The number of nitrogens with zero attached hydrogens (tertiary/aromatic N) is 2. The average Bonchev–Trinajstić information content (AvgIpc) is 3.33. The molecule has 2 aromatic rings. The lowest BCUT2D eigenvalue weighted by atomic mass is 9.88. The number of aryl methyl sites for hydroxylation is 1. The standard InChI is InChI=1S/C24H33N3OS/c1-16(2)26-11-8-19(9-12-26)18-4-6-20(7-5-18)22-14-17(3)23(29-22)24(28)27-13-10-21(25)15-27/h4-7,14,16,19,21H,8-13,15,25H2,1-3H3/t21-/m0/s1. The third-order valence-corrected chi connectivity index (χ3v) is 7.82. The molecule has 0 aliphatic carbocycles. The molecule has 2 aliphatic rings. The van der Waals surface area contributed by atoms with Crippen LogP contribution in [0.5, 0.6) is 0 Å². The number of rotatable bonds is 4. The fourth-order valence-electron chi connectivity index (χ4n) is 4.62. The molecule has 1 aromatic heterocycles. The molecule has 4 nitrogen and oxygen atoms in total. The molecule has 29 heavy (non-hydrogen) atoms. The van der Waals surface area contributed by atoms with Gasteiger partial charge in [0.15, 0.2) is 0 Å². The van der Waals surface area contributed by atoms with Gasteiger partial charge in [-0.3, -0.25) is 4.79 Å². The molecular weight excluding hydrogens is 378 g/mol. The van der Waals surface area contributed by atoms with Crippen LogP contribution < -0.4 is 5.73 Å². The maximum absolute atomic E-state index is 12.9. The molecule has 1 amide bonds. The molecule has 156 valence electrons. The summed E-state index contributed by atoms with van der Waals surface area (Å²) in [5.41, 5.74) is 9.71. The lowest BCUT2D eigenvalue weighted by Gasteiger charge is -2.34. The summed E-state index contributed by atoms with van der Waals surface area (Å²) in [5, 5.41) is 0. The molecule has 2 aliphatic heterocycles. The van der Waals surface area contributed by atoms with Crippen molar-refractivity contribution in [3.8, 4) is 10.4 Å². The predicted molar refractivity (Wildman–Crippen MR) is 122 cm³/mol. The summed E-state index contributed by atoms with van der Waals surface area (Å²) in [7, 11) is 0. The van der Waals surface area contributed by atoms with E-state index >= 15 is 0 Å². The molecule has 2 N–H and O–H groups in total. The summed E-state index contributed by atoms with van der Waals surface area (Å²) < 4.78 is 0. The number of likely N-dealkylation sites (tertiary alicyclic amines) is 2. The first-order valence-corrected chi connectivity index (χ1v) is 11.7. The Morgan fingerprint density at radius 1 is 1.10 bits per heavy atom. The second kappa shape index (κ2) is 8.58. The Kier molecular flexibility index (Phi) is 6.09. The summed E-state index contributed by atoms with van der Waals surface area (Å²) in [6, 6.07) is 12.0. The van der Waals surface area contributed by atoms with Gasteiger partial charge in [0.05, 0.1) is 4.88 Å². The van der Waals surface area contributed by atoms with E-state index in [0.717, 1.165) is 23.4 Å². The van der Waals surface area contributed by atoms with Crippen LogP contribution in [0.25, 0.3) is 10.4 Å². The lowest BCUT2D eigenvalue weighted by Crippen LogP contribution is -2.37. The number of nitrogens with two attached hydrogens (primary N) is 1. The van der Waals surface area contributed by atoms with Crippen molar-refractivity contribution >= 4 is 17.2 Å². The largest absolute Gasteiger partial charge is 0.336 e. The molecule has 2 fully saturated rings. The first-order valence-electron chi connectivity index (χ1n) is 10.9. The fourth-order valence-corrected chi connectivity index (χ4v) is 5.77. The second-order valence-corrected chi connectivity index (χ2v) is 10.0. The summed E-state index contributed by atoms with van der Waals surface area (Å²) >= 11 is 1.62. The van der Waals surface area contributed by atoms with Crippen LogP contribution in [0.1, 0.15) is 59.8 Å². The van der Waals surface area contributed by atoms with Gasteiger partial charge >= 0.3 is 0 Å². The van der Waals surface area contributed by atoms with Gasteiger partial charge in [0, 0.05) is 30.1 Å². The smallest absolute Gasteiger partial charge is 0.264 e. The Morgan fingerprint density at radius 2 is 1.79 bits per heavy atom. The Morgan fingerprint density at radius 3 is 2.38 bits per heavy atom. The number of hydrogen-bond acceptors (Lipinski definition) is 4. The van der Waals surface area contributed by atoms with Gasteiger partial charge in [-0.2, -0.15) is 0 Å². The molecule has 3 heterocycles. The van der Waals surface area contributed by atoms with E-state index in [0.29, 0.717) is 18.5 Å². The van der Waals surface area contributed by atoms with Crippen molar-refractivity contribution in [2.45, 2.75) is 58.0 Å². The number of thiophene rings is 1. The first-order chi connectivity index (χ1) is 13.9. The van der Waals surface area contributed by atoms with Crippen molar-refractivity contribution in [1.29, 1.82) is 0 Å². The highest BCUT2D eigenvalue weighted by Gasteiger charge is 2.27. The second-order valence-electron chi connectivity index (χ2n) is 8.95. The quantitative estimate of drug-likeness (QED) is 0.807. The van der Waals surface area contributed by atoms with Crippen molar-refractivity contribution in [3.63, 3.8) is 0 Å². The molecule has 0 unspecified atom stereocenters. The van der Waals surface area contributed by atoms with E-state index in [1.807, 2.05) is 11.8 Å². The monoisotopic (exact) mass is 411 g/mol. The van der Waals surface area contributed by atoms with Crippen molar-refractivity contribution in [2.24, 2.45) is 5.73 Å². The van der Waals surface area contributed by atoms with E-state index < -0.39 is 0 Å². The summed E-state index contributed by atoms with van der Waals surface area (Å²) in [6.07, 6.45) is 3.39. The van der Waals surface area contributed by atoms with Crippen LogP contribution >= 0.6 is 11.3 Å².